The zero-order chi connectivity index (χ0) is 25.5. The standard InChI is InChI=1S/C25H37FN2O6/c1-24(2,3)34-23(31)27(6)21(16-25(4,5)26)22(30)33-20(17-29)15-18-7-9-19(10-8-18)28-11-13-32-14-12-28/h7-10,17,20-21H,11-16H2,1-6H3/t20-,21+/m1/s1. The number of esters is 1. The van der Waals surface area contributed by atoms with Crippen molar-refractivity contribution >= 4 is 24.0 Å². The first-order valence-electron chi connectivity index (χ1n) is 11.5. The van der Waals surface area contributed by atoms with E-state index in [2.05, 4.69) is 4.90 Å². The molecule has 0 bridgehead atoms. The molecule has 2 atom stereocenters. The molecule has 0 aliphatic carbocycles. The molecule has 9 heteroatoms. The molecule has 190 valence electrons. The van der Waals surface area contributed by atoms with Gasteiger partial charge in [0.15, 0.2) is 12.4 Å². The number of rotatable bonds is 9. The first-order chi connectivity index (χ1) is 15.8. The van der Waals surface area contributed by atoms with Gasteiger partial charge in [-0.15, -0.1) is 0 Å². The fourth-order valence-corrected chi connectivity index (χ4v) is 3.54. The number of amides is 1. The fourth-order valence-electron chi connectivity index (χ4n) is 3.54. The van der Waals surface area contributed by atoms with Gasteiger partial charge in [-0.05, 0) is 52.3 Å². The highest BCUT2D eigenvalue weighted by Crippen LogP contribution is 2.23. The van der Waals surface area contributed by atoms with Crippen LogP contribution in [-0.2, 0) is 30.2 Å². The smallest absolute Gasteiger partial charge is 0.410 e. The van der Waals surface area contributed by atoms with E-state index in [1.165, 1.54) is 20.9 Å². The average Bonchev–Trinajstić information content (AvgIpc) is 2.75. The summed E-state index contributed by atoms with van der Waals surface area (Å²) in [7, 11) is 1.35. The van der Waals surface area contributed by atoms with Crippen molar-refractivity contribution in [1.29, 1.82) is 0 Å². The molecule has 1 fully saturated rings. The summed E-state index contributed by atoms with van der Waals surface area (Å²) in [6.07, 6.45) is -1.44. The van der Waals surface area contributed by atoms with Crippen molar-refractivity contribution in [3.05, 3.63) is 29.8 Å². The molecule has 1 saturated heterocycles. The number of anilines is 1. The van der Waals surface area contributed by atoms with Crippen molar-refractivity contribution < 1.29 is 33.0 Å². The van der Waals surface area contributed by atoms with Crippen LogP contribution in [-0.4, -0.2) is 80.0 Å². The molecule has 1 amide bonds. The second kappa shape index (κ2) is 11.6. The zero-order valence-corrected chi connectivity index (χ0v) is 21.0. The topological polar surface area (TPSA) is 85.4 Å². The van der Waals surface area contributed by atoms with E-state index in [1.807, 2.05) is 24.3 Å². The largest absolute Gasteiger partial charge is 0.453 e. The molecule has 1 aliphatic heterocycles. The van der Waals surface area contributed by atoms with Gasteiger partial charge in [0.25, 0.3) is 0 Å². The summed E-state index contributed by atoms with van der Waals surface area (Å²) in [6, 6.07) is 6.42. The maximum atomic E-state index is 14.5. The van der Waals surface area contributed by atoms with Gasteiger partial charge >= 0.3 is 12.1 Å². The van der Waals surface area contributed by atoms with Crippen LogP contribution >= 0.6 is 0 Å². The van der Waals surface area contributed by atoms with Crippen LogP contribution in [0.25, 0.3) is 0 Å². The minimum absolute atomic E-state index is 0.167. The summed E-state index contributed by atoms with van der Waals surface area (Å²) in [6.45, 7) is 10.7. The molecule has 0 spiro atoms. The fraction of sp³-hybridized carbons (Fsp3) is 0.640. The molecule has 0 saturated carbocycles. The Kier molecular flexibility index (Phi) is 9.44. The Hall–Kier alpha value is -2.68. The van der Waals surface area contributed by atoms with Crippen molar-refractivity contribution in [2.75, 3.05) is 38.3 Å². The lowest BCUT2D eigenvalue weighted by molar-refractivity contribution is -0.158. The lowest BCUT2D eigenvalue weighted by Crippen LogP contribution is -2.48. The second-order valence-corrected chi connectivity index (χ2v) is 10.1. The number of nitrogens with zero attached hydrogens (tertiary/aromatic N) is 2. The van der Waals surface area contributed by atoms with E-state index < -0.39 is 35.5 Å². The molecular formula is C25H37FN2O6. The van der Waals surface area contributed by atoms with Gasteiger partial charge in [-0.25, -0.2) is 14.0 Å². The number of aldehydes is 1. The first-order valence-corrected chi connectivity index (χ1v) is 11.5. The van der Waals surface area contributed by atoms with Crippen LogP contribution in [0, 0.1) is 0 Å². The van der Waals surface area contributed by atoms with E-state index in [0.29, 0.717) is 19.5 Å². The quantitative estimate of drug-likeness (QED) is 0.395. The summed E-state index contributed by atoms with van der Waals surface area (Å²) in [5.74, 6) is -0.860. The summed E-state index contributed by atoms with van der Waals surface area (Å²) in [4.78, 5) is 40.3. The van der Waals surface area contributed by atoms with E-state index >= 15 is 0 Å². The van der Waals surface area contributed by atoms with Crippen LogP contribution in [0.1, 0.15) is 46.6 Å². The minimum atomic E-state index is -1.76. The number of hydrogen-bond acceptors (Lipinski definition) is 7. The van der Waals surface area contributed by atoms with E-state index in [-0.39, 0.29) is 12.8 Å². The first kappa shape index (κ1) is 27.6. The van der Waals surface area contributed by atoms with Crippen LogP contribution in [0.4, 0.5) is 14.9 Å². The van der Waals surface area contributed by atoms with Gasteiger partial charge in [-0.1, -0.05) is 12.1 Å². The minimum Gasteiger partial charge on any atom is -0.453 e. The van der Waals surface area contributed by atoms with Crippen LogP contribution < -0.4 is 4.90 Å². The van der Waals surface area contributed by atoms with Gasteiger partial charge in [0.1, 0.15) is 17.3 Å². The third kappa shape index (κ3) is 8.93. The monoisotopic (exact) mass is 480 g/mol. The molecule has 0 radical (unpaired) electrons. The number of carbonyl (C=O) groups is 3. The van der Waals surface area contributed by atoms with E-state index in [4.69, 9.17) is 14.2 Å². The van der Waals surface area contributed by atoms with Gasteiger partial charge < -0.3 is 19.1 Å². The second-order valence-electron chi connectivity index (χ2n) is 10.1. The van der Waals surface area contributed by atoms with Crippen molar-refractivity contribution in [1.82, 2.24) is 4.90 Å². The number of likely N-dealkylation sites (N-methyl/N-ethyl adjacent to an activating group) is 1. The predicted octanol–water partition coefficient (Wildman–Crippen LogP) is 3.55. The Bertz CT molecular complexity index is 825. The molecular weight excluding hydrogens is 443 g/mol. The lowest BCUT2D eigenvalue weighted by Gasteiger charge is -2.32. The molecule has 0 N–H and O–H groups in total. The van der Waals surface area contributed by atoms with Crippen molar-refractivity contribution in [2.24, 2.45) is 0 Å². The Morgan fingerprint density at radius 1 is 1.15 bits per heavy atom. The highest BCUT2D eigenvalue weighted by molar-refractivity contribution is 5.82. The van der Waals surface area contributed by atoms with E-state index in [9.17, 15) is 18.8 Å². The highest BCUT2D eigenvalue weighted by Gasteiger charge is 2.37. The SMILES string of the molecule is CN(C(=O)OC(C)(C)C)[C@@H](CC(C)(C)F)C(=O)O[C@@H](C=O)Cc1ccc(N2CCOCC2)cc1. The van der Waals surface area contributed by atoms with Gasteiger partial charge in [-0.2, -0.15) is 0 Å². The highest BCUT2D eigenvalue weighted by atomic mass is 19.1. The Labute approximate surface area is 201 Å². The van der Waals surface area contributed by atoms with Crippen LogP contribution in [0.3, 0.4) is 0 Å². The summed E-state index contributed by atoms with van der Waals surface area (Å²) in [5, 5.41) is 0. The number of ether oxygens (including phenoxy) is 3. The van der Waals surface area contributed by atoms with Crippen molar-refractivity contribution in [2.45, 2.75) is 70.9 Å². The number of carbonyl (C=O) groups excluding carboxylic acids is 3. The Morgan fingerprint density at radius 2 is 1.74 bits per heavy atom. The Morgan fingerprint density at radius 3 is 2.24 bits per heavy atom. The van der Waals surface area contributed by atoms with Crippen LogP contribution in [0.5, 0.6) is 0 Å². The summed E-state index contributed by atoms with van der Waals surface area (Å²) in [5.41, 5.74) is -0.684. The lowest BCUT2D eigenvalue weighted by atomic mass is 10.00. The van der Waals surface area contributed by atoms with Crippen LogP contribution in [0.15, 0.2) is 24.3 Å². The molecule has 0 unspecified atom stereocenters. The van der Waals surface area contributed by atoms with Crippen molar-refractivity contribution in [3.63, 3.8) is 0 Å². The molecule has 34 heavy (non-hydrogen) atoms. The van der Waals surface area contributed by atoms with Crippen molar-refractivity contribution in [3.8, 4) is 0 Å². The molecule has 1 heterocycles. The maximum Gasteiger partial charge on any atom is 0.410 e. The molecule has 2 rings (SSSR count). The van der Waals surface area contributed by atoms with Gasteiger partial charge in [0.05, 0.1) is 13.2 Å². The van der Waals surface area contributed by atoms with Gasteiger partial charge in [0.2, 0.25) is 0 Å². The third-order valence-corrected chi connectivity index (χ3v) is 5.27. The predicted molar refractivity (Wildman–Crippen MR) is 127 cm³/mol. The number of halogens is 1. The Balaban J connectivity index is 2.07. The number of hydrogen-bond donors (Lipinski definition) is 0. The summed E-state index contributed by atoms with van der Waals surface area (Å²) < 4.78 is 30.5. The molecule has 1 aromatic rings. The number of benzene rings is 1. The normalized spacial score (nSPS) is 16.4. The van der Waals surface area contributed by atoms with Gasteiger partial charge in [-0.3, -0.25) is 9.69 Å². The maximum absolute atomic E-state index is 14.5. The summed E-state index contributed by atoms with van der Waals surface area (Å²) >= 11 is 0. The molecule has 8 nitrogen and oxygen atoms in total. The van der Waals surface area contributed by atoms with E-state index in [1.54, 1.807) is 20.8 Å². The van der Waals surface area contributed by atoms with E-state index in [0.717, 1.165) is 29.2 Å². The van der Waals surface area contributed by atoms with Gasteiger partial charge in [0, 0.05) is 38.7 Å². The van der Waals surface area contributed by atoms with Crippen LogP contribution in [0.2, 0.25) is 0 Å². The molecule has 1 aromatic carbocycles. The number of alkyl halides is 1. The average molecular weight is 481 g/mol. The molecule has 1 aliphatic rings. The zero-order valence-electron chi connectivity index (χ0n) is 21.0. The third-order valence-electron chi connectivity index (χ3n) is 5.27. The number of morpholine rings is 1. The molecule has 0 aromatic heterocycles.